The maximum atomic E-state index is 6.51. The van der Waals surface area contributed by atoms with Gasteiger partial charge in [-0.2, -0.15) is 0 Å². The first kappa shape index (κ1) is 73.6. The van der Waals surface area contributed by atoms with Gasteiger partial charge in [-0.25, -0.2) is 34.9 Å². The molecule has 598 valence electrons. The van der Waals surface area contributed by atoms with Crippen LogP contribution in [-0.2, 0) is 0 Å². The molecular weight excluding hydrogens is 1590 g/mol. The second kappa shape index (κ2) is 30.4. The summed E-state index contributed by atoms with van der Waals surface area (Å²) >= 11 is 1.88. The highest BCUT2D eigenvalue weighted by Gasteiger charge is 2.25. The highest BCUT2D eigenvalue weighted by molar-refractivity contribution is 7.26. The fraction of sp³-hybridized carbons (Fsp3) is 0. The van der Waals surface area contributed by atoms with E-state index >= 15 is 0 Å². The van der Waals surface area contributed by atoms with Gasteiger partial charge < -0.3 is 22.5 Å². The molecule has 12 nitrogen and oxygen atoms in total. The zero-order valence-corrected chi connectivity index (χ0v) is 69.4. The number of hydrogen-bond acceptors (Lipinski definition) is 10. The monoisotopic (exact) mass is 1650 g/mol. The third-order valence-corrected chi connectivity index (χ3v) is 25.9. The number of thiophene rings is 1. The Balaban J connectivity index is 0.000000104. The lowest BCUT2D eigenvalue weighted by Gasteiger charge is -2.11. The van der Waals surface area contributed by atoms with E-state index in [9.17, 15) is 0 Å². The topological polar surface area (TPSA) is 131 Å². The van der Waals surface area contributed by atoms with Crippen molar-refractivity contribution < 1.29 is 8.83 Å². The number of aromatic nitrogens is 10. The van der Waals surface area contributed by atoms with Crippen LogP contribution in [0.4, 0.5) is 0 Å². The minimum atomic E-state index is 0.628. The molecule has 0 saturated carbocycles. The third-order valence-electron chi connectivity index (χ3n) is 24.7. The normalized spacial score (nSPS) is 11.8. The molecule has 0 fully saturated rings. The number of benzene rings is 18. The molecule has 0 saturated heterocycles. The largest absolute Gasteiger partial charge is 0.456 e. The zero-order valence-electron chi connectivity index (χ0n) is 68.6. The maximum absolute atomic E-state index is 6.51. The summed E-state index contributed by atoms with van der Waals surface area (Å²) in [6.07, 6.45) is 0. The van der Waals surface area contributed by atoms with Crippen molar-refractivity contribution in [1.82, 2.24) is 48.6 Å². The van der Waals surface area contributed by atoms with E-state index in [1.54, 1.807) is 0 Å². The fourth-order valence-electron chi connectivity index (χ4n) is 18.7. The molecule has 0 atom stereocenters. The van der Waals surface area contributed by atoms with E-state index in [1.807, 2.05) is 145 Å². The van der Waals surface area contributed by atoms with E-state index in [4.69, 9.17) is 43.7 Å². The predicted molar refractivity (Wildman–Crippen MR) is 527 cm³/mol. The van der Waals surface area contributed by atoms with E-state index in [0.717, 1.165) is 166 Å². The second-order valence-corrected chi connectivity index (χ2v) is 33.2. The molecule has 0 bridgehead atoms. The third kappa shape index (κ3) is 12.5. The summed E-state index contributed by atoms with van der Waals surface area (Å²) in [5.41, 5.74) is 24.4. The quantitative estimate of drug-likeness (QED) is 0.131. The SMILES string of the molecule is c1ccc(-c2nc(-c3ccc(-n4c5ccccc5c5ccc6c7ccccc7oc6c54)cc3)nc3ccccc23)cc1.c1ccc(-c2nc(-c3ccc(-n4c5ccccc5c5ccc6c7ccccc7sc6c54)cc3)nc3ccccc23)cc1.c1ccc(-c2nc(-c3ccccc3)nc(-c3cccc(-n4c5ccccc5c5cc6oc7ccccc7c6cc54)c3)n2)cc1. The summed E-state index contributed by atoms with van der Waals surface area (Å²) in [5, 5.41) is 16.4. The Kier molecular flexibility index (Phi) is 17.5. The summed E-state index contributed by atoms with van der Waals surface area (Å²) in [7, 11) is 0. The number of furan rings is 2. The molecule has 0 radical (unpaired) electrons. The van der Waals surface area contributed by atoms with Crippen molar-refractivity contribution in [3.63, 3.8) is 0 Å². The highest BCUT2D eigenvalue weighted by Crippen LogP contribution is 2.47. The van der Waals surface area contributed by atoms with Gasteiger partial charge in [0.05, 0.1) is 60.2 Å². The van der Waals surface area contributed by atoms with Gasteiger partial charge in [-0.1, -0.05) is 297 Å². The van der Waals surface area contributed by atoms with Gasteiger partial charge in [0.1, 0.15) is 16.7 Å². The maximum Gasteiger partial charge on any atom is 0.164 e. The summed E-state index contributed by atoms with van der Waals surface area (Å²) < 4.78 is 22.5. The van der Waals surface area contributed by atoms with E-state index in [0.29, 0.717) is 23.3 Å². The fourth-order valence-corrected chi connectivity index (χ4v) is 20.0. The van der Waals surface area contributed by atoms with Gasteiger partial charge >= 0.3 is 0 Å². The molecule has 0 N–H and O–H groups in total. The lowest BCUT2D eigenvalue weighted by atomic mass is 10.1. The first-order valence-corrected chi connectivity index (χ1v) is 43.6. The van der Waals surface area contributed by atoms with Crippen molar-refractivity contribution in [2.24, 2.45) is 0 Å². The molecule has 0 aliphatic rings. The van der Waals surface area contributed by atoms with Crippen LogP contribution >= 0.6 is 11.3 Å². The minimum Gasteiger partial charge on any atom is -0.456 e. The van der Waals surface area contributed by atoms with Gasteiger partial charge in [0.25, 0.3) is 0 Å². The Morgan fingerprint density at radius 3 is 1.14 bits per heavy atom. The lowest BCUT2D eigenvalue weighted by molar-refractivity contribution is 0.669. The summed E-state index contributed by atoms with van der Waals surface area (Å²) in [5.74, 6) is 3.36. The second-order valence-electron chi connectivity index (χ2n) is 32.1. The van der Waals surface area contributed by atoms with E-state index in [-0.39, 0.29) is 0 Å². The summed E-state index contributed by atoms with van der Waals surface area (Å²) in [4.78, 5) is 34.9. The van der Waals surface area contributed by atoms with Gasteiger partial charge in [-0.3, -0.25) is 0 Å². The molecule has 27 aromatic rings. The van der Waals surface area contributed by atoms with Crippen LogP contribution in [0, 0.1) is 0 Å². The lowest BCUT2D eigenvalue weighted by Crippen LogP contribution is -2.01. The van der Waals surface area contributed by atoms with Gasteiger partial charge in [0.2, 0.25) is 0 Å². The average Bonchev–Trinajstić information content (AvgIpc) is 1.58. The Morgan fingerprint density at radius 2 is 0.586 bits per heavy atom. The average molecular weight is 1660 g/mol. The number of rotatable bonds is 10. The van der Waals surface area contributed by atoms with Crippen LogP contribution in [0.25, 0.3) is 248 Å². The predicted octanol–water partition coefficient (Wildman–Crippen LogP) is 30.3. The van der Waals surface area contributed by atoms with Crippen LogP contribution in [0.5, 0.6) is 0 Å². The molecule has 0 aliphatic heterocycles. The van der Waals surface area contributed by atoms with Gasteiger partial charge in [-0.15, -0.1) is 11.3 Å². The van der Waals surface area contributed by atoms with Crippen LogP contribution in [-0.4, -0.2) is 48.6 Å². The Morgan fingerprint density at radius 1 is 0.195 bits per heavy atom. The molecule has 0 amide bonds. The molecule has 0 spiro atoms. The minimum absolute atomic E-state index is 0.628. The number of nitrogens with zero attached hydrogens (tertiary/aromatic N) is 10. The molecule has 128 heavy (non-hydrogen) atoms. The van der Waals surface area contributed by atoms with Gasteiger partial charge in [0.15, 0.2) is 34.7 Å². The number of para-hydroxylation sites is 7. The van der Waals surface area contributed by atoms with Crippen molar-refractivity contribution in [3.8, 4) is 96.5 Å². The van der Waals surface area contributed by atoms with Crippen molar-refractivity contribution in [3.05, 3.63) is 425 Å². The Labute approximate surface area is 736 Å². The van der Waals surface area contributed by atoms with Crippen LogP contribution in [0.3, 0.4) is 0 Å². The first-order chi connectivity index (χ1) is 63.5. The zero-order chi connectivity index (χ0) is 84.3. The van der Waals surface area contributed by atoms with E-state index in [2.05, 4.69) is 305 Å². The van der Waals surface area contributed by atoms with Gasteiger partial charge in [-0.05, 0) is 127 Å². The first-order valence-electron chi connectivity index (χ1n) is 42.8. The smallest absolute Gasteiger partial charge is 0.164 e. The van der Waals surface area contributed by atoms with Crippen LogP contribution < -0.4 is 0 Å². The number of fused-ring (bicyclic) bond motifs is 22. The van der Waals surface area contributed by atoms with Crippen molar-refractivity contribution in [1.29, 1.82) is 0 Å². The highest BCUT2D eigenvalue weighted by atomic mass is 32.1. The van der Waals surface area contributed by atoms with Crippen LogP contribution in [0.2, 0.25) is 0 Å². The van der Waals surface area contributed by atoms with Crippen LogP contribution in [0.1, 0.15) is 0 Å². The molecule has 13 heteroatoms. The molecule has 9 heterocycles. The Hall–Kier alpha value is -17.1. The molecule has 9 aromatic heterocycles. The van der Waals surface area contributed by atoms with Crippen molar-refractivity contribution in [2.75, 3.05) is 0 Å². The van der Waals surface area contributed by atoms with Crippen LogP contribution in [0.15, 0.2) is 433 Å². The van der Waals surface area contributed by atoms with Crippen molar-refractivity contribution >= 4 is 163 Å². The van der Waals surface area contributed by atoms with E-state index in [1.165, 1.54) is 58.1 Å². The summed E-state index contributed by atoms with van der Waals surface area (Å²) in [6, 6.07) is 147. The van der Waals surface area contributed by atoms with E-state index < -0.39 is 0 Å². The molecule has 18 aromatic carbocycles. The number of hydrogen-bond donors (Lipinski definition) is 0. The Bertz CT molecular complexity index is 8670. The molecular formula is C115H70N10O2S. The van der Waals surface area contributed by atoms with Crippen molar-refractivity contribution in [2.45, 2.75) is 0 Å². The molecule has 27 rings (SSSR count). The molecule has 0 unspecified atom stereocenters. The standard InChI is InChI=1S/C39H24N4O.C38H23N3O.C38H23N3S/c1-3-12-25(13-4-1)37-40-38(26-14-5-2-6-15-26)42-39(41-37)27-16-11-17-28(22-27)43-33-20-9-7-18-29(33)31-24-36-32(23-34(31)43)30-19-8-10-21-35(30)44-36;2*1-2-10-24(11-3-1)35-31-14-4-7-15-32(31)39-38(40-35)25-18-20-26(21-19-25)41-33-16-8-5-12-27(33)29-22-23-30-28-13-6-9-17-34(28)42-37(30)36(29)41/h1-24H;2*1-23H. The summed E-state index contributed by atoms with van der Waals surface area (Å²) in [6.45, 7) is 0. The molecule has 0 aliphatic carbocycles. The van der Waals surface area contributed by atoms with Gasteiger partial charge in [0, 0.05) is 136 Å².